The highest BCUT2D eigenvalue weighted by atomic mass is 16.2. The fourth-order valence-corrected chi connectivity index (χ4v) is 3.61. The molecular formula is C19H27N3O2. The van der Waals surface area contributed by atoms with Crippen LogP contribution in [0.4, 0.5) is 0 Å². The summed E-state index contributed by atoms with van der Waals surface area (Å²) in [5.74, 6) is 0.0686. The highest BCUT2D eigenvalue weighted by Gasteiger charge is 2.37. The maximum Gasteiger partial charge on any atom is 0.243 e. The average molecular weight is 329 g/mol. The molecule has 2 amide bonds. The molecule has 2 aliphatic heterocycles. The lowest BCUT2D eigenvalue weighted by atomic mass is 9.99. The predicted molar refractivity (Wildman–Crippen MR) is 93.4 cm³/mol. The summed E-state index contributed by atoms with van der Waals surface area (Å²) >= 11 is 0. The normalized spacial score (nSPS) is 27.3. The fourth-order valence-electron chi connectivity index (χ4n) is 3.61. The monoisotopic (exact) mass is 329 g/mol. The van der Waals surface area contributed by atoms with Gasteiger partial charge in [-0.3, -0.25) is 9.59 Å². The molecule has 0 bridgehead atoms. The van der Waals surface area contributed by atoms with Crippen molar-refractivity contribution in [2.75, 3.05) is 6.54 Å². The van der Waals surface area contributed by atoms with Gasteiger partial charge >= 0.3 is 0 Å². The molecule has 0 radical (unpaired) electrons. The first-order chi connectivity index (χ1) is 11.5. The van der Waals surface area contributed by atoms with Crippen molar-refractivity contribution in [1.82, 2.24) is 15.5 Å². The van der Waals surface area contributed by atoms with Crippen LogP contribution in [0.5, 0.6) is 0 Å². The molecule has 3 unspecified atom stereocenters. The summed E-state index contributed by atoms with van der Waals surface area (Å²) in [5.41, 5.74) is 2.26. The molecule has 3 rings (SSSR count). The summed E-state index contributed by atoms with van der Waals surface area (Å²) < 4.78 is 0. The molecule has 24 heavy (non-hydrogen) atoms. The van der Waals surface area contributed by atoms with E-state index < -0.39 is 0 Å². The molecule has 2 heterocycles. The molecule has 0 aliphatic carbocycles. The molecule has 0 saturated carbocycles. The van der Waals surface area contributed by atoms with Crippen molar-refractivity contribution in [2.45, 2.75) is 64.2 Å². The lowest BCUT2D eigenvalue weighted by Crippen LogP contribution is -2.55. The van der Waals surface area contributed by atoms with Crippen LogP contribution in [0.25, 0.3) is 0 Å². The van der Waals surface area contributed by atoms with Gasteiger partial charge in [-0.25, -0.2) is 0 Å². The summed E-state index contributed by atoms with van der Waals surface area (Å²) in [6.45, 7) is 5.67. The summed E-state index contributed by atoms with van der Waals surface area (Å²) in [4.78, 5) is 26.7. The van der Waals surface area contributed by atoms with Gasteiger partial charge in [0.1, 0.15) is 6.04 Å². The number of hydrogen-bond donors (Lipinski definition) is 2. The molecule has 1 aromatic carbocycles. The lowest BCUT2D eigenvalue weighted by Gasteiger charge is -2.33. The average Bonchev–Trinajstić information content (AvgIpc) is 2.93. The third-order valence-corrected chi connectivity index (χ3v) is 5.19. The molecule has 2 saturated heterocycles. The van der Waals surface area contributed by atoms with Crippen molar-refractivity contribution >= 4 is 11.8 Å². The van der Waals surface area contributed by atoms with Crippen LogP contribution in [0.1, 0.15) is 43.7 Å². The third kappa shape index (κ3) is 3.78. The predicted octanol–water partition coefficient (Wildman–Crippen LogP) is 1.74. The standard InChI is InChI=1S/C19H27N3O2/c1-13-5-7-15(8-6-13)12-22-17(9-10-18(22)23)19(24)21-16-4-3-11-20-14(16)2/h5-8,14,16-17,20H,3-4,9-12H2,1-2H3,(H,21,24). The molecule has 2 fully saturated rings. The van der Waals surface area contributed by atoms with Gasteiger partial charge in [0.05, 0.1) is 0 Å². The number of nitrogens with zero attached hydrogens (tertiary/aromatic N) is 1. The van der Waals surface area contributed by atoms with Crippen molar-refractivity contribution in [3.8, 4) is 0 Å². The molecule has 5 heteroatoms. The lowest BCUT2D eigenvalue weighted by molar-refractivity contribution is -0.136. The number of carbonyl (C=O) groups is 2. The largest absolute Gasteiger partial charge is 0.350 e. The summed E-state index contributed by atoms with van der Waals surface area (Å²) in [6, 6.07) is 8.24. The molecule has 3 atom stereocenters. The third-order valence-electron chi connectivity index (χ3n) is 5.19. The van der Waals surface area contributed by atoms with E-state index in [4.69, 9.17) is 0 Å². The summed E-state index contributed by atoms with van der Waals surface area (Å²) in [6.07, 6.45) is 3.15. The quantitative estimate of drug-likeness (QED) is 0.884. The van der Waals surface area contributed by atoms with Crippen molar-refractivity contribution in [2.24, 2.45) is 0 Å². The molecule has 1 aromatic rings. The molecule has 130 valence electrons. The summed E-state index contributed by atoms with van der Waals surface area (Å²) in [7, 11) is 0. The van der Waals surface area contributed by atoms with Crippen molar-refractivity contribution < 1.29 is 9.59 Å². The van der Waals surface area contributed by atoms with E-state index in [1.165, 1.54) is 5.56 Å². The Bertz CT molecular complexity index is 599. The van der Waals surface area contributed by atoms with E-state index in [1.54, 1.807) is 4.90 Å². The van der Waals surface area contributed by atoms with Crippen molar-refractivity contribution in [1.29, 1.82) is 0 Å². The van der Waals surface area contributed by atoms with Gasteiger partial charge < -0.3 is 15.5 Å². The minimum Gasteiger partial charge on any atom is -0.350 e. The second kappa shape index (κ2) is 7.34. The van der Waals surface area contributed by atoms with Crippen molar-refractivity contribution in [3.05, 3.63) is 35.4 Å². The van der Waals surface area contributed by atoms with Gasteiger partial charge in [0.25, 0.3) is 0 Å². The minimum absolute atomic E-state index is 0.00601. The van der Waals surface area contributed by atoms with Gasteiger partial charge in [-0.1, -0.05) is 29.8 Å². The second-order valence-corrected chi connectivity index (χ2v) is 7.06. The number of benzene rings is 1. The zero-order valence-corrected chi connectivity index (χ0v) is 14.5. The van der Waals surface area contributed by atoms with Crippen LogP contribution >= 0.6 is 0 Å². The zero-order chi connectivity index (χ0) is 17.1. The topological polar surface area (TPSA) is 61.4 Å². The van der Waals surface area contributed by atoms with Crippen LogP contribution in [0, 0.1) is 6.92 Å². The van der Waals surface area contributed by atoms with Crippen LogP contribution < -0.4 is 10.6 Å². The van der Waals surface area contributed by atoms with Gasteiger partial charge in [0, 0.05) is 25.0 Å². The van der Waals surface area contributed by atoms with E-state index in [1.807, 2.05) is 31.2 Å². The van der Waals surface area contributed by atoms with Crippen LogP contribution in [0.2, 0.25) is 0 Å². The van der Waals surface area contributed by atoms with Crippen LogP contribution in [-0.4, -0.2) is 41.4 Å². The van der Waals surface area contributed by atoms with E-state index in [-0.39, 0.29) is 29.9 Å². The van der Waals surface area contributed by atoms with Gasteiger partial charge in [-0.15, -0.1) is 0 Å². The molecule has 0 aromatic heterocycles. The highest BCUT2D eigenvalue weighted by Crippen LogP contribution is 2.22. The summed E-state index contributed by atoms with van der Waals surface area (Å²) in [5, 5.41) is 6.56. The molecule has 2 N–H and O–H groups in total. The molecule has 5 nitrogen and oxygen atoms in total. The zero-order valence-electron chi connectivity index (χ0n) is 14.5. The number of likely N-dealkylation sites (tertiary alicyclic amines) is 1. The Hall–Kier alpha value is -1.88. The number of amides is 2. The number of hydrogen-bond acceptors (Lipinski definition) is 3. The molecule has 0 spiro atoms. The first kappa shape index (κ1) is 17.0. The van der Waals surface area contributed by atoms with Gasteiger partial charge in [-0.05, 0) is 45.2 Å². The van der Waals surface area contributed by atoms with Gasteiger partial charge in [0.15, 0.2) is 0 Å². The maximum atomic E-state index is 12.7. The SMILES string of the molecule is Cc1ccc(CN2C(=O)CCC2C(=O)NC2CCCNC2C)cc1. The number of carbonyl (C=O) groups excluding carboxylic acids is 2. The van der Waals surface area contributed by atoms with Crippen LogP contribution in [0.3, 0.4) is 0 Å². The maximum absolute atomic E-state index is 12.7. The van der Waals surface area contributed by atoms with Crippen LogP contribution in [-0.2, 0) is 16.1 Å². The van der Waals surface area contributed by atoms with E-state index in [9.17, 15) is 9.59 Å². The van der Waals surface area contributed by atoms with E-state index in [0.717, 1.165) is 24.9 Å². The number of piperidine rings is 1. The first-order valence-corrected chi connectivity index (χ1v) is 8.93. The Morgan fingerprint density at radius 2 is 2.04 bits per heavy atom. The van der Waals surface area contributed by atoms with E-state index in [0.29, 0.717) is 19.4 Å². The smallest absolute Gasteiger partial charge is 0.243 e. The Balaban J connectivity index is 1.65. The van der Waals surface area contributed by atoms with E-state index in [2.05, 4.69) is 17.6 Å². The Morgan fingerprint density at radius 1 is 1.29 bits per heavy atom. The number of rotatable bonds is 4. The van der Waals surface area contributed by atoms with Crippen LogP contribution in [0.15, 0.2) is 24.3 Å². The van der Waals surface area contributed by atoms with E-state index >= 15 is 0 Å². The Morgan fingerprint density at radius 3 is 2.75 bits per heavy atom. The Labute approximate surface area is 143 Å². The number of aryl methyl sites for hydroxylation is 1. The Kier molecular flexibility index (Phi) is 5.19. The molecule has 2 aliphatic rings. The first-order valence-electron chi connectivity index (χ1n) is 8.93. The highest BCUT2D eigenvalue weighted by molar-refractivity contribution is 5.91. The number of nitrogens with one attached hydrogen (secondary N) is 2. The second-order valence-electron chi connectivity index (χ2n) is 7.06. The van der Waals surface area contributed by atoms with Gasteiger partial charge in [0.2, 0.25) is 11.8 Å². The minimum atomic E-state index is -0.340. The fraction of sp³-hybridized carbons (Fsp3) is 0.579. The molecular weight excluding hydrogens is 302 g/mol. The van der Waals surface area contributed by atoms with Crippen molar-refractivity contribution in [3.63, 3.8) is 0 Å². The van der Waals surface area contributed by atoms with Gasteiger partial charge in [-0.2, -0.15) is 0 Å².